The molecular weight excluding hydrogens is 436 g/mol. The molecule has 4 aliphatic carbocycles. The number of fused-ring (bicyclic) bond motifs is 7. The van der Waals surface area contributed by atoms with E-state index in [0.717, 1.165) is 6.08 Å². The smallest absolute Gasteiger partial charge is 0.303 e. The van der Waals surface area contributed by atoms with Crippen molar-refractivity contribution in [3.05, 3.63) is 23.8 Å². The summed E-state index contributed by atoms with van der Waals surface area (Å²) in [6, 6.07) is 0. The van der Waals surface area contributed by atoms with Crippen LogP contribution in [0.2, 0.25) is 0 Å². The number of aliphatic hydroxyl groups is 1. The second kappa shape index (κ2) is 7.02. The van der Waals surface area contributed by atoms with Gasteiger partial charge in [0.05, 0.1) is 6.10 Å². The molecule has 0 spiro atoms. The molecule has 0 aromatic carbocycles. The predicted molar refractivity (Wildman–Crippen MR) is 111 cm³/mol. The summed E-state index contributed by atoms with van der Waals surface area (Å²) in [5, 5.41) is 11.4. The first-order valence-electron chi connectivity index (χ1n) is 11.5. The topological polar surface area (TPSA) is 102 Å². The zero-order chi connectivity index (χ0) is 24.0. The minimum absolute atomic E-state index is 0.0631. The summed E-state index contributed by atoms with van der Waals surface area (Å²) in [5.41, 5.74) is -3.27. The van der Waals surface area contributed by atoms with E-state index in [1.807, 2.05) is 0 Å². The molecule has 2 N–H and O–H groups in total. The van der Waals surface area contributed by atoms with E-state index in [1.54, 1.807) is 13.8 Å². The highest BCUT2D eigenvalue weighted by atomic mass is 19.1. The van der Waals surface area contributed by atoms with Crippen LogP contribution in [0.25, 0.3) is 0 Å². The minimum atomic E-state index is -2.21. The van der Waals surface area contributed by atoms with E-state index in [-0.39, 0.29) is 24.3 Å². The number of esters is 1. The number of rotatable bonds is 3. The van der Waals surface area contributed by atoms with Gasteiger partial charge in [0.2, 0.25) is 5.78 Å². The highest BCUT2D eigenvalue weighted by Gasteiger charge is 2.79. The highest BCUT2D eigenvalue weighted by Crippen LogP contribution is 2.72. The van der Waals surface area contributed by atoms with E-state index in [0.29, 0.717) is 13.0 Å². The summed E-state index contributed by atoms with van der Waals surface area (Å²) in [6.07, 6.45) is 0.849. The third-order valence-corrected chi connectivity index (χ3v) is 9.36. The molecule has 0 aromatic rings. The fourth-order valence-corrected chi connectivity index (χ4v) is 7.91. The van der Waals surface area contributed by atoms with Gasteiger partial charge in [0.1, 0.15) is 6.17 Å². The van der Waals surface area contributed by atoms with Crippen molar-refractivity contribution in [2.24, 2.45) is 28.6 Å². The normalized spacial score (nSPS) is 50.1. The summed E-state index contributed by atoms with van der Waals surface area (Å²) in [4.78, 5) is 42.5. The fourth-order valence-electron chi connectivity index (χ4n) is 7.91. The average molecular weight is 465 g/mol. The SMILES string of the molecule is CC(=O)OCC(=O)[C@@]12ONC[C@@H]1C[C@H]1[C@@H]3C[C@H](F)C4=CC(=O)C=C[C@]4(C)[C@@]3(F)[C@@H](O)C[C@@]12C. The molecule has 0 bridgehead atoms. The van der Waals surface area contributed by atoms with Crippen molar-refractivity contribution < 1.29 is 37.8 Å². The first-order chi connectivity index (χ1) is 15.4. The largest absolute Gasteiger partial charge is 0.458 e. The molecule has 33 heavy (non-hydrogen) atoms. The van der Waals surface area contributed by atoms with Crippen molar-refractivity contribution in [1.82, 2.24) is 5.48 Å². The molecule has 0 aromatic heterocycles. The third kappa shape index (κ3) is 2.61. The van der Waals surface area contributed by atoms with Crippen LogP contribution in [0.3, 0.4) is 0 Å². The van der Waals surface area contributed by atoms with Crippen LogP contribution >= 0.6 is 0 Å². The van der Waals surface area contributed by atoms with Crippen molar-refractivity contribution in [2.45, 2.75) is 63.6 Å². The van der Waals surface area contributed by atoms with Crippen LogP contribution in [-0.2, 0) is 24.0 Å². The predicted octanol–water partition coefficient (Wildman–Crippen LogP) is 1.94. The summed E-state index contributed by atoms with van der Waals surface area (Å²) in [6.45, 7) is 4.39. The van der Waals surface area contributed by atoms with Gasteiger partial charge in [-0.05, 0) is 49.8 Å². The number of Topliss-reactive ketones (excluding diaryl/α,β-unsaturated/α-hetero) is 1. The van der Waals surface area contributed by atoms with Gasteiger partial charge in [0.25, 0.3) is 0 Å². The Bertz CT molecular complexity index is 997. The quantitative estimate of drug-likeness (QED) is 0.614. The fraction of sp³-hybridized carbons (Fsp3) is 0.708. The van der Waals surface area contributed by atoms with Gasteiger partial charge >= 0.3 is 5.97 Å². The maximum absolute atomic E-state index is 17.2. The van der Waals surface area contributed by atoms with Crippen molar-refractivity contribution in [1.29, 1.82) is 0 Å². The Balaban J connectivity index is 1.59. The first-order valence-corrected chi connectivity index (χ1v) is 11.5. The van der Waals surface area contributed by atoms with E-state index in [9.17, 15) is 19.5 Å². The molecule has 0 unspecified atom stereocenters. The number of aliphatic hydroxyl groups excluding tert-OH is 1. The van der Waals surface area contributed by atoms with Crippen LogP contribution in [0.5, 0.6) is 0 Å². The summed E-state index contributed by atoms with van der Waals surface area (Å²) < 4.78 is 37.6. The van der Waals surface area contributed by atoms with E-state index in [2.05, 4.69) is 5.48 Å². The Morgan fingerprint density at radius 1 is 1.30 bits per heavy atom. The Morgan fingerprint density at radius 2 is 2.03 bits per heavy atom. The number of hydrogen-bond acceptors (Lipinski definition) is 7. The van der Waals surface area contributed by atoms with Crippen LogP contribution in [-0.4, -0.2) is 59.3 Å². The van der Waals surface area contributed by atoms with E-state index < -0.39 is 70.4 Å². The molecule has 7 nitrogen and oxygen atoms in total. The maximum atomic E-state index is 17.2. The molecule has 1 aliphatic heterocycles. The number of hydrogen-bond donors (Lipinski definition) is 2. The Morgan fingerprint density at radius 3 is 2.73 bits per heavy atom. The van der Waals surface area contributed by atoms with Crippen LogP contribution in [0.15, 0.2) is 23.8 Å². The molecule has 5 rings (SSSR count). The number of halogens is 2. The number of nitrogens with one attached hydrogen (secondary N) is 1. The third-order valence-electron chi connectivity index (χ3n) is 9.36. The van der Waals surface area contributed by atoms with Crippen LogP contribution in [0.1, 0.15) is 40.0 Å². The number of alkyl halides is 2. The molecule has 0 amide bonds. The molecule has 4 fully saturated rings. The number of hydroxylamine groups is 1. The van der Waals surface area contributed by atoms with Crippen LogP contribution in [0, 0.1) is 28.6 Å². The van der Waals surface area contributed by atoms with Crippen molar-refractivity contribution >= 4 is 17.5 Å². The highest BCUT2D eigenvalue weighted by molar-refractivity contribution is 6.01. The van der Waals surface area contributed by atoms with E-state index in [1.165, 1.54) is 19.1 Å². The molecule has 1 heterocycles. The monoisotopic (exact) mass is 465 g/mol. The Kier molecular flexibility index (Phi) is 4.85. The molecule has 180 valence electrons. The lowest BCUT2D eigenvalue weighted by molar-refractivity contribution is -0.233. The molecular formula is C24H29F2NO6. The lowest BCUT2D eigenvalue weighted by Gasteiger charge is -2.63. The summed E-state index contributed by atoms with van der Waals surface area (Å²) >= 11 is 0. The molecule has 9 heteroatoms. The number of carbonyl (C=O) groups excluding carboxylic acids is 3. The van der Waals surface area contributed by atoms with Crippen molar-refractivity contribution in [2.75, 3.05) is 13.2 Å². The minimum Gasteiger partial charge on any atom is -0.458 e. The Hall–Kier alpha value is -1.97. The van der Waals surface area contributed by atoms with Crippen LogP contribution < -0.4 is 5.48 Å². The van der Waals surface area contributed by atoms with Gasteiger partial charge in [-0.25, -0.2) is 14.3 Å². The second-order valence-electron chi connectivity index (χ2n) is 10.7. The van der Waals surface area contributed by atoms with Crippen LogP contribution in [0.4, 0.5) is 8.78 Å². The molecule has 0 radical (unpaired) electrons. The average Bonchev–Trinajstić information content (AvgIpc) is 3.27. The van der Waals surface area contributed by atoms with Gasteiger partial charge in [-0.15, -0.1) is 0 Å². The summed E-state index contributed by atoms with van der Waals surface area (Å²) in [7, 11) is 0. The molecule has 9 atom stereocenters. The second-order valence-corrected chi connectivity index (χ2v) is 10.7. The van der Waals surface area contributed by atoms with Crippen molar-refractivity contribution in [3.63, 3.8) is 0 Å². The van der Waals surface area contributed by atoms with Gasteiger partial charge in [-0.3, -0.25) is 19.2 Å². The zero-order valence-electron chi connectivity index (χ0n) is 18.9. The Labute approximate surface area is 190 Å². The number of allylic oxidation sites excluding steroid dienone is 4. The standard InChI is InChI=1S/C24H29F2NO6/c1-12(28)32-11-20(31)24-13(10-27-33-24)6-15-16-8-18(25)17-7-14(29)4-5-21(17,2)23(16,26)19(30)9-22(15,24)3/h4-5,7,13,15-16,18-19,27,30H,6,8-11H2,1-3H3/t13-,15-,16-,18-,19-,21-,22-,23-,24-/m0/s1. The van der Waals surface area contributed by atoms with Gasteiger partial charge in [0.15, 0.2) is 23.7 Å². The van der Waals surface area contributed by atoms with Gasteiger partial charge in [0, 0.05) is 36.1 Å². The zero-order valence-corrected chi connectivity index (χ0v) is 18.9. The summed E-state index contributed by atoms with van der Waals surface area (Å²) in [5.74, 6) is -3.13. The van der Waals surface area contributed by atoms with Crippen molar-refractivity contribution in [3.8, 4) is 0 Å². The molecule has 5 aliphatic rings. The van der Waals surface area contributed by atoms with E-state index in [4.69, 9.17) is 9.57 Å². The van der Waals surface area contributed by atoms with Gasteiger partial charge in [-0.2, -0.15) is 0 Å². The lowest BCUT2D eigenvalue weighted by atomic mass is 9.44. The molecule has 1 saturated heterocycles. The lowest BCUT2D eigenvalue weighted by Crippen LogP contribution is -2.70. The first kappa shape index (κ1) is 22.8. The number of ketones is 2. The van der Waals surface area contributed by atoms with E-state index >= 15 is 8.78 Å². The van der Waals surface area contributed by atoms with Gasteiger partial charge < -0.3 is 9.84 Å². The maximum Gasteiger partial charge on any atom is 0.303 e. The number of ether oxygens (including phenoxy) is 1. The molecule has 3 saturated carbocycles. The van der Waals surface area contributed by atoms with Gasteiger partial charge in [-0.1, -0.05) is 13.0 Å². The number of carbonyl (C=O) groups is 3.